The van der Waals surface area contributed by atoms with Gasteiger partial charge in [0.25, 0.3) is 5.69 Å². The van der Waals surface area contributed by atoms with Gasteiger partial charge in [-0.05, 0) is 48.9 Å². The van der Waals surface area contributed by atoms with Crippen LogP contribution in [0.5, 0.6) is 11.5 Å². The molecule has 0 bridgehead atoms. The molecular weight excluding hydrogens is 327 g/mol. The highest BCUT2D eigenvalue weighted by Crippen LogP contribution is 2.35. The first-order chi connectivity index (χ1) is 11.9. The number of amides is 1. The fraction of sp³-hybridized carbons (Fsp3) is 0.278. The lowest BCUT2D eigenvalue weighted by atomic mass is 9.92. The molecule has 3 rings (SSSR count). The summed E-state index contributed by atoms with van der Waals surface area (Å²) in [5, 5.41) is 13.4. The van der Waals surface area contributed by atoms with Crippen LogP contribution in [0.4, 0.5) is 15.8 Å². The minimum atomic E-state index is -0.785. The maximum atomic E-state index is 14.3. The third kappa shape index (κ3) is 3.76. The number of nitro groups is 1. The summed E-state index contributed by atoms with van der Waals surface area (Å²) in [6.07, 6.45) is 4.21. The Bertz CT molecular complexity index is 851. The Balaban J connectivity index is 1.93. The first-order valence-corrected chi connectivity index (χ1v) is 7.99. The number of ether oxygens (including phenoxy) is 1. The number of carbonyl (C=O) groups excluding carboxylic acids is 1. The second-order valence-electron chi connectivity index (χ2n) is 5.98. The second kappa shape index (κ2) is 6.88. The monoisotopic (exact) mass is 344 g/mol. The number of aryl methyl sites for hydroxylation is 2. The molecule has 2 aromatic carbocycles. The molecule has 0 spiro atoms. The molecule has 0 radical (unpaired) electrons. The van der Waals surface area contributed by atoms with E-state index >= 15 is 0 Å². The molecule has 0 aromatic heterocycles. The van der Waals surface area contributed by atoms with Gasteiger partial charge >= 0.3 is 0 Å². The summed E-state index contributed by atoms with van der Waals surface area (Å²) >= 11 is 0. The van der Waals surface area contributed by atoms with Gasteiger partial charge in [-0.25, -0.2) is 4.39 Å². The molecule has 0 atom stereocenters. The summed E-state index contributed by atoms with van der Waals surface area (Å²) in [6.45, 7) is 1.19. The number of hydrogen-bond donors (Lipinski definition) is 1. The molecule has 0 unspecified atom stereocenters. The van der Waals surface area contributed by atoms with E-state index in [1.807, 2.05) is 12.1 Å². The number of nitrogens with one attached hydrogen (secondary N) is 1. The molecule has 130 valence electrons. The Morgan fingerprint density at radius 3 is 2.60 bits per heavy atom. The predicted octanol–water partition coefficient (Wildman–Crippen LogP) is 4.36. The van der Waals surface area contributed by atoms with Gasteiger partial charge in [-0.3, -0.25) is 14.9 Å². The highest BCUT2D eigenvalue weighted by molar-refractivity contribution is 5.91. The molecule has 6 nitrogen and oxygen atoms in total. The van der Waals surface area contributed by atoms with Gasteiger partial charge < -0.3 is 10.1 Å². The minimum absolute atomic E-state index is 0.201. The normalized spacial score (nSPS) is 13.0. The van der Waals surface area contributed by atoms with Crippen molar-refractivity contribution >= 4 is 17.3 Å². The second-order valence-corrected chi connectivity index (χ2v) is 5.98. The van der Waals surface area contributed by atoms with E-state index in [-0.39, 0.29) is 11.4 Å². The average molecular weight is 344 g/mol. The standard InChI is InChI=1S/C18H17FN2O4/c1-11(22)20-16-9-15(19)18(10-17(16)21(23)24)25-14-7-6-12-4-2-3-5-13(12)8-14/h6-10H,2-5H2,1H3,(H,20,22). The molecule has 0 fully saturated rings. The van der Waals surface area contributed by atoms with E-state index in [4.69, 9.17) is 4.74 Å². The molecule has 0 aliphatic heterocycles. The van der Waals surface area contributed by atoms with E-state index in [1.165, 1.54) is 12.5 Å². The van der Waals surface area contributed by atoms with Gasteiger partial charge in [0.15, 0.2) is 11.6 Å². The van der Waals surface area contributed by atoms with E-state index in [9.17, 15) is 19.3 Å². The fourth-order valence-corrected chi connectivity index (χ4v) is 2.96. The van der Waals surface area contributed by atoms with Crippen molar-refractivity contribution in [3.05, 3.63) is 57.4 Å². The number of nitro benzene ring substituents is 1. The van der Waals surface area contributed by atoms with Gasteiger partial charge in [-0.15, -0.1) is 0 Å². The number of anilines is 1. The topological polar surface area (TPSA) is 81.5 Å². The molecule has 1 aliphatic carbocycles. The van der Waals surface area contributed by atoms with Crippen molar-refractivity contribution in [2.75, 3.05) is 5.32 Å². The molecule has 0 saturated heterocycles. The molecule has 2 aromatic rings. The zero-order valence-electron chi connectivity index (χ0n) is 13.7. The Kier molecular flexibility index (Phi) is 4.65. The third-order valence-corrected chi connectivity index (χ3v) is 4.11. The lowest BCUT2D eigenvalue weighted by Gasteiger charge is -2.17. The molecule has 1 aliphatic rings. The van der Waals surface area contributed by atoms with Crippen LogP contribution in [-0.2, 0) is 17.6 Å². The smallest absolute Gasteiger partial charge is 0.296 e. The molecule has 1 amide bonds. The molecule has 0 saturated carbocycles. The van der Waals surface area contributed by atoms with E-state index in [1.54, 1.807) is 6.07 Å². The van der Waals surface area contributed by atoms with Crippen LogP contribution >= 0.6 is 0 Å². The zero-order valence-corrected chi connectivity index (χ0v) is 13.7. The van der Waals surface area contributed by atoms with Crippen LogP contribution in [0.3, 0.4) is 0 Å². The Morgan fingerprint density at radius 1 is 1.20 bits per heavy atom. The van der Waals surface area contributed by atoms with Gasteiger partial charge in [0.1, 0.15) is 11.4 Å². The fourth-order valence-electron chi connectivity index (χ4n) is 2.96. The Labute approximate surface area is 143 Å². The van der Waals surface area contributed by atoms with Crippen molar-refractivity contribution in [2.24, 2.45) is 0 Å². The van der Waals surface area contributed by atoms with Crippen molar-refractivity contribution in [1.82, 2.24) is 0 Å². The summed E-state index contributed by atoms with van der Waals surface area (Å²) in [7, 11) is 0. The quantitative estimate of drug-likeness (QED) is 0.660. The average Bonchev–Trinajstić information content (AvgIpc) is 2.56. The third-order valence-electron chi connectivity index (χ3n) is 4.11. The largest absolute Gasteiger partial charge is 0.454 e. The molecule has 25 heavy (non-hydrogen) atoms. The summed E-state index contributed by atoms with van der Waals surface area (Å²) in [5.74, 6) is -1.13. The highest BCUT2D eigenvalue weighted by atomic mass is 19.1. The SMILES string of the molecule is CC(=O)Nc1cc(F)c(Oc2ccc3c(c2)CCCC3)cc1[N+](=O)[O-]. The van der Waals surface area contributed by atoms with Crippen LogP contribution < -0.4 is 10.1 Å². The van der Waals surface area contributed by atoms with Crippen LogP contribution in [0.1, 0.15) is 30.9 Å². The van der Waals surface area contributed by atoms with Crippen LogP contribution in [0, 0.1) is 15.9 Å². The number of rotatable bonds is 4. The van der Waals surface area contributed by atoms with E-state index < -0.39 is 22.3 Å². The van der Waals surface area contributed by atoms with Gasteiger partial charge in [0.2, 0.25) is 5.91 Å². The zero-order chi connectivity index (χ0) is 18.0. The first kappa shape index (κ1) is 16.9. The molecule has 7 heteroatoms. The van der Waals surface area contributed by atoms with Crippen LogP contribution in [0.2, 0.25) is 0 Å². The molecule has 1 N–H and O–H groups in total. The van der Waals surface area contributed by atoms with E-state index in [2.05, 4.69) is 5.32 Å². The number of carbonyl (C=O) groups is 1. The van der Waals surface area contributed by atoms with E-state index in [0.717, 1.165) is 43.4 Å². The van der Waals surface area contributed by atoms with Gasteiger partial charge in [-0.2, -0.15) is 0 Å². The number of halogens is 1. The van der Waals surface area contributed by atoms with Gasteiger partial charge in [-0.1, -0.05) is 6.07 Å². The van der Waals surface area contributed by atoms with Crippen molar-refractivity contribution in [2.45, 2.75) is 32.6 Å². The van der Waals surface area contributed by atoms with Crippen LogP contribution in [-0.4, -0.2) is 10.8 Å². The number of benzene rings is 2. The predicted molar refractivity (Wildman–Crippen MR) is 90.5 cm³/mol. The van der Waals surface area contributed by atoms with Crippen molar-refractivity contribution in [3.63, 3.8) is 0 Å². The summed E-state index contributed by atoms with van der Waals surface area (Å²) in [4.78, 5) is 21.6. The van der Waals surface area contributed by atoms with Crippen LogP contribution in [0.15, 0.2) is 30.3 Å². The summed E-state index contributed by atoms with van der Waals surface area (Å²) < 4.78 is 19.8. The van der Waals surface area contributed by atoms with Crippen molar-refractivity contribution in [3.8, 4) is 11.5 Å². The van der Waals surface area contributed by atoms with Gasteiger partial charge in [0.05, 0.1) is 11.0 Å². The van der Waals surface area contributed by atoms with Gasteiger partial charge in [0, 0.05) is 13.0 Å². The summed E-state index contributed by atoms with van der Waals surface area (Å²) in [5.41, 5.74) is 1.79. The van der Waals surface area contributed by atoms with Crippen LogP contribution in [0.25, 0.3) is 0 Å². The lowest BCUT2D eigenvalue weighted by molar-refractivity contribution is -0.384. The first-order valence-electron chi connectivity index (χ1n) is 7.99. The maximum Gasteiger partial charge on any atom is 0.296 e. The van der Waals surface area contributed by atoms with Crippen molar-refractivity contribution < 1.29 is 18.8 Å². The number of hydrogen-bond acceptors (Lipinski definition) is 4. The molecule has 0 heterocycles. The van der Waals surface area contributed by atoms with E-state index in [0.29, 0.717) is 5.75 Å². The van der Waals surface area contributed by atoms with Crippen molar-refractivity contribution in [1.29, 1.82) is 0 Å². The Hall–Kier alpha value is -2.96. The number of fused-ring (bicyclic) bond motifs is 1. The minimum Gasteiger partial charge on any atom is -0.454 e. The molecular formula is C18H17FN2O4. The highest BCUT2D eigenvalue weighted by Gasteiger charge is 2.21. The summed E-state index contributed by atoms with van der Waals surface area (Å²) in [6, 6.07) is 7.41. The Morgan fingerprint density at radius 2 is 1.92 bits per heavy atom. The maximum absolute atomic E-state index is 14.3. The number of nitrogens with zero attached hydrogens (tertiary/aromatic N) is 1. The lowest BCUT2D eigenvalue weighted by Crippen LogP contribution is -2.09.